The molecule has 0 fully saturated rings. The Labute approximate surface area is 244 Å². The van der Waals surface area contributed by atoms with Gasteiger partial charge in [0.05, 0.1) is 15.6 Å². The Hall–Kier alpha value is -3.90. The summed E-state index contributed by atoms with van der Waals surface area (Å²) in [5.74, 6) is 0.256. The van der Waals surface area contributed by atoms with Crippen molar-refractivity contribution in [3.63, 3.8) is 0 Å². The van der Waals surface area contributed by atoms with E-state index in [1.54, 1.807) is 0 Å². The Morgan fingerprint density at radius 2 is 1.18 bits per heavy atom. The van der Waals surface area contributed by atoms with Crippen LogP contribution in [0, 0.1) is 41.5 Å². The van der Waals surface area contributed by atoms with Crippen LogP contribution in [0.2, 0.25) is 0 Å². The fraction of sp³-hybridized carbons (Fsp3) is 0.235. The maximum Gasteiger partial charge on any atom is 0.344 e. The lowest BCUT2D eigenvalue weighted by molar-refractivity contribution is 0.0470. The number of hydrogen-bond donors (Lipinski definition) is 0. The van der Waals surface area contributed by atoms with Crippen LogP contribution >= 0.6 is 15.9 Å². The molecule has 5 nitrogen and oxygen atoms in total. The summed E-state index contributed by atoms with van der Waals surface area (Å²) in [6.45, 7) is 11.8. The van der Waals surface area contributed by atoms with Crippen molar-refractivity contribution in [2.45, 2.75) is 54.8 Å². The number of aryl methyl sites for hydroxylation is 1. The first-order chi connectivity index (χ1) is 19.1. The van der Waals surface area contributed by atoms with Crippen LogP contribution in [0.3, 0.4) is 0 Å². The fourth-order valence-corrected chi connectivity index (χ4v) is 5.18. The fourth-order valence-electron chi connectivity index (χ4n) is 4.75. The Bertz CT molecular complexity index is 1530. The van der Waals surface area contributed by atoms with Crippen LogP contribution in [0.4, 0.5) is 0 Å². The molecule has 0 atom stereocenters. The molecule has 0 radical (unpaired) electrons. The quantitative estimate of drug-likeness (QED) is 0.150. The van der Waals surface area contributed by atoms with Gasteiger partial charge in [0.1, 0.15) is 24.7 Å². The summed E-state index contributed by atoms with van der Waals surface area (Å²) in [5.41, 5.74) is 7.32. The van der Waals surface area contributed by atoms with E-state index < -0.39 is 11.9 Å². The molecule has 0 bridgehead atoms. The van der Waals surface area contributed by atoms with Crippen LogP contribution in [-0.4, -0.2) is 11.9 Å². The van der Waals surface area contributed by atoms with Gasteiger partial charge in [-0.25, -0.2) is 9.59 Å². The highest BCUT2D eigenvalue weighted by atomic mass is 79.9. The molecule has 0 aromatic heterocycles. The molecule has 0 amide bonds. The van der Waals surface area contributed by atoms with Gasteiger partial charge in [-0.05, 0) is 108 Å². The third-order valence-corrected chi connectivity index (χ3v) is 8.26. The topological polar surface area (TPSA) is 61.8 Å². The molecule has 0 aliphatic rings. The number of carbonyl (C=O) groups is 2. The molecule has 0 heterocycles. The van der Waals surface area contributed by atoms with Crippen LogP contribution in [0.1, 0.15) is 65.2 Å². The Kier molecular flexibility index (Phi) is 9.10. The SMILES string of the molecule is Cc1cc(OCc2ccccc2)c(Br)c(C)c1C(=O)Oc1c(C)c(C)c(C(=O)OCc2ccccc2)c(C)c1C. The second-order valence-corrected chi connectivity index (χ2v) is 10.7. The largest absolute Gasteiger partial charge is 0.488 e. The van der Waals surface area contributed by atoms with Gasteiger partial charge in [-0.2, -0.15) is 0 Å². The lowest BCUT2D eigenvalue weighted by atomic mass is 9.93. The van der Waals surface area contributed by atoms with Crippen LogP contribution in [-0.2, 0) is 18.0 Å². The zero-order valence-corrected chi connectivity index (χ0v) is 25.3. The number of halogens is 1. The second-order valence-electron chi connectivity index (χ2n) is 9.94. The highest BCUT2D eigenvalue weighted by Gasteiger charge is 2.26. The van der Waals surface area contributed by atoms with Crippen molar-refractivity contribution in [1.82, 2.24) is 0 Å². The van der Waals surface area contributed by atoms with Crippen molar-refractivity contribution in [2.24, 2.45) is 0 Å². The van der Waals surface area contributed by atoms with E-state index >= 15 is 0 Å². The first-order valence-electron chi connectivity index (χ1n) is 13.1. The Morgan fingerprint density at radius 3 is 1.73 bits per heavy atom. The van der Waals surface area contributed by atoms with Crippen molar-refractivity contribution in [1.29, 1.82) is 0 Å². The third kappa shape index (κ3) is 6.13. The van der Waals surface area contributed by atoms with Gasteiger partial charge in [-0.1, -0.05) is 60.7 Å². The number of ether oxygens (including phenoxy) is 3. The summed E-state index contributed by atoms with van der Waals surface area (Å²) in [7, 11) is 0. The van der Waals surface area contributed by atoms with Gasteiger partial charge in [0.2, 0.25) is 0 Å². The minimum Gasteiger partial charge on any atom is -0.488 e. The number of carbonyl (C=O) groups excluding carboxylic acids is 2. The van der Waals surface area contributed by atoms with E-state index in [0.29, 0.717) is 33.7 Å². The van der Waals surface area contributed by atoms with E-state index in [9.17, 15) is 9.59 Å². The van der Waals surface area contributed by atoms with Crippen LogP contribution in [0.5, 0.6) is 11.5 Å². The molecule has 4 rings (SSSR count). The normalized spacial score (nSPS) is 10.8. The lowest BCUT2D eigenvalue weighted by Crippen LogP contribution is -2.17. The molecule has 0 N–H and O–H groups in total. The molecule has 0 saturated heterocycles. The van der Waals surface area contributed by atoms with Crippen molar-refractivity contribution >= 4 is 27.9 Å². The average Bonchev–Trinajstić information content (AvgIpc) is 2.95. The van der Waals surface area contributed by atoms with E-state index in [2.05, 4.69) is 15.9 Å². The van der Waals surface area contributed by atoms with E-state index in [1.165, 1.54) is 0 Å². The summed E-state index contributed by atoms with van der Waals surface area (Å²) in [5, 5.41) is 0. The van der Waals surface area contributed by atoms with E-state index in [1.807, 2.05) is 108 Å². The first-order valence-corrected chi connectivity index (χ1v) is 13.9. The summed E-state index contributed by atoms with van der Waals surface area (Å²) >= 11 is 3.62. The highest BCUT2D eigenvalue weighted by molar-refractivity contribution is 9.10. The van der Waals surface area contributed by atoms with Crippen molar-refractivity contribution in [3.8, 4) is 11.5 Å². The zero-order valence-electron chi connectivity index (χ0n) is 23.7. The van der Waals surface area contributed by atoms with Gasteiger partial charge in [-0.3, -0.25) is 0 Å². The van der Waals surface area contributed by atoms with Crippen molar-refractivity contribution in [2.75, 3.05) is 0 Å². The smallest absolute Gasteiger partial charge is 0.344 e. The van der Waals surface area contributed by atoms with Crippen LogP contribution < -0.4 is 9.47 Å². The molecule has 6 heteroatoms. The molecule has 0 aliphatic carbocycles. The average molecular weight is 602 g/mol. The van der Waals surface area contributed by atoms with Crippen LogP contribution in [0.15, 0.2) is 71.2 Å². The molecule has 0 saturated carbocycles. The standard InChI is InChI=1S/C34H33BrO5/c1-20-17-28(38-18-26-13-9-7-10-14-26)31(35)25(6)29(20)34(37)40-32-23(4)21(2)30(22(3)24(32)5)33(36)39-19-27-15-11-8-12-16-27/h7-17H,18-19H2,1-6H3. The molecule has 4 aromatic carbocycles. The monoisotopic (exact) mass is 600 g/mol. The number of hydrogen-bond acceptors (Lipinski definition) is 5. The van der Waals surface area contributed by atoms with Gasteiger partial charge in [0.25, 0.3) is 0 Å². The van der Waals surface area contributed by atoms with Gasteiger partial charge in [0, 0.05) is 0 Å². The molecular formula is C34H33BrO5. The molecule has 40 heavy (non-hydrogen) atoms. The molecule has 0 aliphatic heterocycles. The minimum absolute atomic E-state index is 0.186. The Balaban J connectivity index is 1.57. The van der Waals surface area contributed by atoms with Crippen molar-refractivity contribution < 1.29 is 23.8 Å². The first kappa shape index (κ1) is 29.1. The zero-order chi connectivity index (χ0) is 29.0. The number of esters is 2. The van der Waals surface area contributed by atoms with E-state index in [0.717, 1.165) is 44.5 Å². The summed E-state index contributed by atoms with van der Waals surface area (Å²) in [4.78, 5) is 26.6. The molecular weight excluding hydrogens is 568 g/mol. The number of benzene rings is 4. The van der Waals surface area contributed by atoms with E-state index in [4.69, 9.17) is 14.2 Å². The molecule has 0 unspecified atom stereocenters. The maximum absolute atomic E-state index is 13.5. The lowest BCUT2D eigenvalue weighted by Gasteiger charge is -2.20. The predicted octanol–water partition coefficient (Wildman–Crippen LogP) is 8.45. The third-order valence-electron chi connectivity index (χ3n) is 7.27. The molecule has 0 spiro atoms. The van der Waals surface area contributed by atoms with Gasteiger partial charge >= 0.3 is 11.9 Å². The minimum atomic E-state index is -0.463. The highest BCUT2D eigenvalue weighted by Crippen LogP contribution is 2.37. The Morgan fingerprint density at radius 1 is 0.650 bits per heavy atom. The summed E-state index contributed by atoms with van der Waals surface area (Å²) < 4.78 is 18.4. The van der Waals surface area contributed by atoms with Gasteiger partial charge in [-0.15, -0.1) is 0 Å². The summed E-state index contributed by atoms with van der Waals surface area (Å²) in [6.07, 6.45) is 0. The number of rotatable bonds is 8. The van der Waals surface area contributed by atoms with E-state index in [-0.39, 0.29) is 6.61 Å². The van der Waals surface area contributed by atoms with Gasteiger partial charge in [0.15, 0.2) is 0 Å². The molecule has 4 aromatic rings. The summed E-state index contributed by atoms with van der Waals surface area (Å²) in [6, 6.07) is 21.3. The second kappa shape index (κ2) is 12.5. The van der Waals surface area contributed by atoms with Gasteiger partial charge < -0.3 is 14.2 Å². The maximum atomic E-state index is 13.5. The van der Waals surface area contributed by atoms with Crippen LogP contribution in [0.25, 0.3) is 0 Å². The molecule has 206 valence electrons. The predicted molar refractivity (Wildman–Crippen MR) is 160 cm³/mol. The van der Waals surface area contributed by atoms with Crippen molar-refractivity contribution in [3.05, 3.63) is 127 Å².